The van der Waals surface area contributed by atoms with Crippen molar-refractivity contribution in [1.82, 2.24) is 4.31 Å². The van der Waals surface area contributed by atoms with Crippen LogP contribution in [0.25, 0.3) is 0 Å². The lowest BCUT2D eigenvalue weighted by Gasteiger charge is -2.26. The van der Waals surface area contributed by atoms with Gasteiger partial charge in [0.05, 0.1) is 9.88 Å². The summed E-state index contributed by atoms with van der Waals surface area (Å²) in [5.74, 6) is 0.559. The van der Waals surface area contributed by atoms with Gasteiger partial charge in [0, 0.05) is 19.0 Å². The summed E-state index contributed by atoms with van der Waals surface area (Å²) < 4.78 is 27.0. The Morgan fingerprint density at radius 3 is 2.50 bits per heavy atom. The number of hydrogen-bond donors (Lipinski definition) is 1. The molecule has 0 aromatic heterocycles. The largest absolute Gasteiger partial charge is 0.393 e. The van der Waals surface area contributed by atoms with Crippen molar-refractivity contribution in [3.8, 4) is 0 Å². The van der Waals surface area contributed by atoms with Crippen LogP contribution in [0.4, 0.5) is 0 Å². The van der Waals surface area contributed by atoms with Gasteiger partial charge in [-0.1, -0.05) is 24.4 Å². The van der Waals surface area contributed by atoms with Crippen molar-refractivity contribution in [1.29, 1.82) is 0 Å². The second kappa shape index (κ2) is 5.09. The van der Waals surface area contributed by atoms with Gasteiger partial charge in [0.2, 0.25) is 10.0 Å². The van der Waals surface area contributed by atoms with Crippen LogP contribution in [0, 0.1) is 5.92 Å². The maximum Gasteiger partial charge on any atom is 0.243 e. The zero-order valence-electron chi connectivity index (χ0n) is 11.2. The van der Waals surface area contributed by atoms with Gasteiger partial charge < -0.3 is 5.73 Å². The molecule has 1 aliphatic heterocycles. The van der Waals surface area contributed by atoms with Gasteiger partial charge in [0.15, 0.2) is 0 Å². The highest BCUT2D eigenvalue weighted by atomic mass is 32.2. The molecule has 0 radical (unpaired) electrons. The number of thiocarbonyl (C=S) groups is 1. The first-order valence-corrected chi connectivity index (χ1v) is 8.71. The third-order valence-electron chi connectivity index (χ3n) is 4.27. The summed E-state index contributed by atoms with van der Waals surface area (Å²) in [6.07, 6.45) is 3.70. The second-order valence-electron chi connectivity index (χ2n) is 5.69. The molecule has 0 spiro atoms. The van der Waals surface area contributed by atoms with E-state index in [2.05, 4.69) is 0 Å². The van der Waals surface area contributed by atoms with E-state index in [1.165, 1.54) is 6.42 Å². The lowest BCUT2D eigenvalue weighted by molar-refractivity contribution is 0.333. The smallest absolute Gasteiger partial charge is 0.243 e. The third-order valence-corrected chi connectivity index (χ3v) is 6.34. The van der Waals surface area contributed by atoms with Crippen LogP contribution in [0.2, 0.25) is 0 Å². The molecule has 2 aliphatic rings. The zero-order chi connectivity index (χ0) is 14.3. The summed E-state index contributed by atoms with van der Waals surface area (Å²) >= 11 is 4.86. The fourth-order valence-corrected chi connectivity index (χ4v) is 5.20. The number of benzene rings is 1. The molecule has 2 N–H and O–H groups in total. The van der Waals surface area contributed by atoms with E-state index in [1.807, 2.05) is 0 Å². The van der Waals surface area contributed by atoms with Crippen LogP contribution in [0.15, 0.2) is 29.2 Å². The van der Waals surface area contributed by atoms with Crippen LogP contribution < -0.4 is 5.73 Å². The fraction of sp³-hybridized carbons (Fsp3) is 0.500. The van der Waals surface area contributed by atoms with Crippen LogP contribution in [0.1, 0.15) is 24.8 Å². The quantitative estimate of drug-likeness (QED) is 0.860. The van der Waals surface area contributed by atoms with Crippen molar-refractivity contribution < 1.29 is 8.42 Å². The lowest BCUT2D eigenvalue weighted by Crippen LogP contribution is -2.37. The number of piperidine rings is 1. The van der Waals surface area contributed by atoms with Crippen LogP contribution in [-0.2, 0) is 16.4 Å². The van der Waals surface area contributed by atoms with Crippen LogP contribution in [0.3, 0.4) is 0 Å². The molecule has 1 saturated heterocycles. The van der Waals surface area contributed by atoms with Crippen molar-refractivity contribution in [2.75, 3.05) is 6.54 Å². The number of rotatable bonds is 4. The number of hydrogen-bond acceptors (Lipinski definition) is 3. The average Bonchev–Trinajstić information content (AvgIpc) is 3.01. The Morgan fingerprint density at radius 1 is 1.30 bits per heavy atom. The van der Waals surface area contributed by atoms with E-state index in [0.29, 0.717) is 28.8 Å². The van der Waals surface area contributed by atoms with E-state index in [1.54, 1.807) is 28.6 Å². The van der Waals surface area contributed by atoms with Gasteiger partial charge >= 0.3 is 0 Å². The first kappa shape index (κ1) is 14.0. The van der Waals surface area contributed by atoms with Gasteiger partial charge in [-0.25, -0.2) is 8.42 Å². The standard InChI is InChI=1S/C14H18N2O2S2/c15-14(19)8-10-2-5-13(6-3-10)20(17,18)16-9-11-1-4-12(16)7-11/h2-3,5-6,11-12H,1,4,7-9H2,(H2,15,19). The highest BCUT2D eigenvalue weighted by Gasteiger charge is 2.44. The molecule has 2 bridgehead atoms. The summed E-state index contributed by atoms with van der Waals surface area (Å²) in [5.41, 5.74) is 6.44. The predicted octanol–water partition coefficient (Wildman–Crippen LogP) is 1.69. The van der Waals surface area contributed by atoms with Crippen molar-refractivity contribution in [2.24, 2.45) is 11.7 Å². The van der Waals surface area contributed by atoms with Crippen molar-refractivity contribution in [2.45, 2.75) is 36.6 Å². The Labute approximate surface area is 125 Å². The van der Waals surface area contributed by atoms with Gasteiger partial charge in [0.1, 0.15) is 0 Å². The molecule has 1 heterocycles. The molecular formula is C14H18N2O2S2. The second-order valence-corrected chi connectivity index (χ2v) is 8.11. The molecule has 1 aromatic rings. The molecule has 2 unspecified atom stereocenters. The van der Waals surface area contributed by atoms with E-state index < -0.39 is 10.0 Å². The van der Waals surface area contributed by atoms with Crippen molar-refractivity contribution in [3.05, 3.63) is 29.8 Å². The lowest BCUT2D eigenvalue weighted by atomic mass is 10.1. The third kappa shape index (κ3) is 2.47. The zero-order valence-corrected chi connectivity index (χ0v) is 12.8. The van der Waals surface area contributed by atoms with Crippen LogP contribution in [0.5, 0.6) is 0 Å². The number of nitrogens with zero attached hydrogens (tertiary/aromatic N) is 1. The molecule has 108 valence electrons. The SMILES string of the molecule is NC(=S)Cc1ccc(S(=O)(=O)N2CC3CCC2C3)cc1. The highest BCUT2D eigenvalue weighted by Crippen LogP contribution is 2.40. The van der Waals surface area contributed by atoms with E-state index >= 15 is 0 Å². The van der Waals surface area contributed by atoms with Gasteiger partial charge in [0.25, 0.3) is 0 Å². The van der Waals surface area contributed by atoms with Crippen LogP contribution >= 0.6 is 12.2 Å². The van der Waals surface area contributed by atoms with Gasteiger partial charge in [-0.15, -0.1) is 0 Å². The predicted molar refractivity (Wildman–Crippen MR) is 82.0 cm³/mol. The minimum absolute atomic E-state index is 0.210. The maximum atomic E-state index is 12.6. The number of sulfonamides is 1. The molecule has 1 saturated carbocycles. The Kier molecular flexibility index (Phi) is 3.56. The minimum Gasteiger partial charge on any atom is -0.393 e. The van der Waals surface area contributed by atoms with Crippen molar-refractivity contribution in [3.63, 3.8) is 0 Å². The molecule has 1 aliphatic carbocycles. The summed E-state index contributed by atoms with van der Waals surface area (Å²) in [7, 11) is -3.35. The first-order chi connectivity index (χ1) is 9.46. The minimum atomic E-state index is -3.35. The molecule has 0 amide bonds. The van der Waals surface area contributed by atoms with E-state index in [9.17, 15) is 8.42 Å². The molecule has 3 rings (SSSR count). The van der Waals surface area contributed by atoms with Crippen LogP contribution in [-0.4, -0.2) is 30.3 Å². The molecule has 6 heteroatoms. The number of fused-ring (bicyclic) bond motifs is 2. The number of nitrogens with two attached hydrogens (primary N) is 1. The summed E-state index contributed by atoms with van der Waals surface area (Å²) in [6.45, 7) is 0.682. The molecule has 1 aromatic carbocycles. The molecule has 2 fully saturated rings. The van der Waals surface area contributed by atoms with Gasteiger partial charge in [-0.05, 0) is 42.9 Å². The average molecular weight is 310 g/mol. The summed E-state index contributed by atoms with van der Waals surface area (Å²) in [4.78, 5) is 0.786. The van der Waals surface area contributed by atoms with Crippen molar-refractivity contribution >= 4 is 27.2 Å². The Balaban J connectivity index is 1.82. The molecule has 20 heavy (non-hydrogen) atoms. The normalized spacial score (nSPS) is 26.0. The monoisotopic (exact) mass is 310 g/mol. The molecule has 2 atom stereocenters. The molecular weight excluding hydrogens is 292 g/mol. The highest BCUT2D eigenvalue weighted by molar-refractivity contribution is 7.89. The summed E-state index contributed by atoms with van der Waals surface area (Å²) in [5, 5.41) is 0. The Morgan fingerprint density at radius 2 is 2.00 bits per heavy atom. The summed E-state index contributed by atoms with van der Waals surface area (Å²) in [6, 6.07) is 7.12. The van der Waals surface area contributed by atoms with E-state index in [0.717, 1.165) is 18.4 Å². The fourth-order valence-electron chi connectivity index (χ4n) is 3.29. The maximum absolute atomic E-state index is 12.6. The van der Waals surface area contributed by atoms with Gasteiger partial charge in [-0.2, -0.15) is 4.31 Å². The Hall–Kier alpha value is -0.980. The van der Waals surface area contributed by atoms with E-state index in [-0.39, 0.29) is 6.04 Å². The van der Waals surface area contributed by atoms with Gasteiger partial charge in [-0.3, -0.25) is 0 Å². The molecule has 4 nitrogen and oxygen atoms in total. The Bertz CT molecular complexity index is 625. The van der Waals surface area contributed by atoms with E-state index in [4.69, 9.17) is 18.0 Å². The topological polar surface area (TPSA) is 63.4 Å². The first-order valence-electron chi connectivity index (χ1n) is 6.86.